The summed E-state index contributed by atoms with van der Waals surface area (Å²) >= 11 is 0. The van der Waals surface area contributed by atoms with Gasteiger partial charge in [0.1, 0.15) is 18.0 Å². The highest BCUT2D eigenvalue weighted by Crippen LogP contribution is 2.17. The lowest BCUT2D eigenvalue weighted by Crippen LogP contribution is -2.37. The molecule has 25 heavy (non-hydrogen) atoms. The van der Waals surface area contributed by atoms with Crippen molar-refractivity contribution in [2.24, 2.45) is 0 Å². The molecule has 3 rings (SSSR count). The zero-order chi connectivity index (χ0) is 17.6. The van der Waals surface area contributed by atoms with Crippen LogP contribution in [0.2, 0.25) is 0 Å². The molecular formula is C15H20N6O4. The lowest BCUT2D eigenvalue weighted by atomic mass is 10.3. The maximum Gasteiger partial charge on any atom is 0.291 e. The van der Waals surface area contributed by atoms with E-state index in [1.807, 2.05) is 4.90 Å². The van der Waals surface area contributed by atoms with Gasteiger partial charge >= 0.3 is 0 Å². The molecule has 0 radical (unpaired) electrons. The van der Waals surface area contributed by atoms with Gasteiger partial charge in [0.2, 0.25) is 5.76 Å². The largest absolute Gasteiger partial charge is 0.438 e. The van der Waals surface area contributed by atoms with Crippen molar-refractivity contribution in [3.63, 3.8) is 0 Å². The molecule has 2 aromatic heterocycles. The van der Waals surface area contributed by atoms with Crippen LogP contribution in [0.3, 0.4) is 0 Å². The van der Waals surface area contributed by atoms with Crippen molar-refractivity contribution in [1.82, 2.24) is 19.9 Å². The summed E-state index contributed by atoms with van der Waals surface area (Å²) < 4.78 is 5.04. The molecule has 1 saturated heterocycles. The number of hydrogen-bond donors (Lipinski definition) is 3. The second-order valence-corrected chi connectivity index (χ2v) is 5.63. The van der Waals surface area contributed by atoms with Crippen molar-refractivity contribution in [2.75, 3.05) is 49.5 Å². The smallest absolute Gasteiger partial charge is 0.291 e. The maximum atomic E-state index is 12.4. The number of nitrogens with zero attached hydrogens (tertiary/aromatic N) is 5. The molecule has 0 aliphatic carbocycles. The highest BCUT2D eigenvalue weighted by molar-refractivity contribution is 5.91. The number of rotatable bonds is 5. The second kappa shape index (κ2) is 7.90. The van der Waals surface area contributed by atoms with Crippen LogP contribution in [0.4, 0.5) is 11.6 Å². The standard InChI is InChI=1S/C15H20N6O4/c22-4-1-17-13-5-14(19-9-18-13)20-2-3-21(8-11(23)7-20)15(24)12-6-16-10-25-12/h5-6,9-11,22-23H,1-4,7-8H2,(H,17,18,19)/t11-/m1/s1. The third-order valence-corrected chi connectivity index (χ3v) is 3.83. The lowest BCUT2D eigenvalue weighted by Gasteiger charge is -2.22. The van der Waals surface area contributed by atoms with Gasteiger partial charge < -0.3 is 29.7 Å². The van der Waals surface area contributed by atoms with Crippen LogP contribution in [0.5, 0.6) is 0 Å². The molecule has 1 aliphatic rings. The third-order valence-electron chi connectivity index (χ3n) is 3.83. The molecular weight excluding hydrogens is 328 g/mol. The van der Waals surface area contributed by atoms with Crippen LogP contribution < -0.4 is 10.2 Å². The van der Waals surface area contributed by atoms with E-state index in [1.54, 1.807) is 6.07 Å². The van der Waals surface area contributed by atoms with Crippen molar-refractivity contribution >= 4 is 17.5 Å². The number of amides is 1. The molecule has 3 heterocycles. The minimum Gasteiger partial charge on any atom is -0.438 e. The van der Waals surface area contributed by atoms with Gasteiger partial charge in [-0.15, -0.1) is 0 Å². The SMILES string of the molecule is O=C(c1cnco1)N1CCN(c2cc(NCCO)ncn2)C[C@@H](O)C1. The number of anilines is 2. The predicted octanol–water partition coefficient (Wildman–Crippen LogP) is -0.808. The quantitative estimate of drug-likeness (QED) is 0.635. The minimum atomic E-state index is -0.724. The van der Waals surface area contributed by atoms with Gasteiger partial charge in [-0.05, 0) is 0 Å². The summed E-state index contributed by atoms with van der Waals surface area (Å²) in [6.45, 7) is 1.86. The normalized spacial score (nSPS) is 18.1. The van der Waals surface area contributed by atoms with Gasteiger partial charge in [0.05, 0.1) is 18.9 Å². The Bertz CT molecular complexity index is 695. The summed E-state index contributed by atoms with van der Waals surface area (Å²) in [4.78, 5) is 27.9. The molecule has 10 nitrogen and oxygen atoms in total. The van der Waals surface area contributed by atoms with E-state index in [-0.39, 0.29) is 24.8 Å². The summed E-state index contributed by atoms with van der Waals surface area (Å²) in [6.07, 6.45) is 3.26. The molecule has 0 aromatic carbocycles. The molecule has 10 heteroatoms. The van der Waals surface area contributed by atoms with E-state index >= 15 is 0 Å². The number of nitrogens with one attached hydrogen (secondary N) is 1. The minimum absolute atomic E-state index is 0.000469. The molecule has 1 atom stereocenters. The van der Waals surface area contributed by atoms with E-state index < -0.39 is 6.10 Å². The molecule has 0 bridgehead atoms. The number of oxazole rings is 1. The van der Waals surface area contributed by atoms with Crippen molar-refractivity contribution in [3.8, 4) is 0 Å². The van der Waals surface area contributed by atoms with Crippen LogP contribution in [-0.2, 0) is 0 Å². The zero-order valence-corrected chi connectivity index (χ0v) is 13.6. The number of aliphatic hydroxyl groups is 2. The Morgan fingerprint density at radius 1 is 1.36 bits per heavy atom. The summed E-state index contributed by atoms with van der Waals surface area (Å²) in [5.41, 5.74) is 0. The molecule has 1 fully saturated rings. The van der Waals surface area contributed by atoms with Gasteiger partial charge in [-0.1, -0.05) is 0 Å². The van der Waals surface area contributed by atoms with Gasteiger partial charge in [-0.2, -0.15) is 0 Å². The Hall–Kier alpha value is -2.72. The Kier molecular flexibility index (Phi) is 5.41. The summed E-state index contributed by atoms with van der Waals surface area (Å²) in [7, 11) is 0. The topological polar surface area (TPSA) is 128 Å². The molecule has 1 aliphatic heterocycles. The molecule has 0 unspecified atom stereocenters. The average Bonchev–Trinajstić information content (AvgIpc) is 3.09. The number of aromatic nitrogens is 3. The first-order valence-corrected chi connectivity index (χ1v) is 7.95. The van der Waals surface area contributed by atoms with E-state index in [9.17, 15) is 9.90 Å². The fraction of sp³-hybridized carbons (Fsp3) is 0.467. The average molecular weight is 348 g/mol. The monoisotopic (exact) mass is 348 g/mol. The van der Waals surface area contributed by atoms with Gasteiger partial charge in [0.25, 0.3) is 5.91 Å². The van der Waals surface area contributed by atoms with Crippen molar-refractivity contribution in [2.45, 2.75) is 6.10 Å². The van der Waals surface area contributed by atoms with Crippen molar-refractivity contribution in [1.29, 1.82) is 0 Å². The molecule has 134 valence electrons. The van der Waals surface area contributed by atoms with Crippen molar-refractivity contribution in [3.05, 3.63) is 30.7 Å². The van der Waals surface area contributed by atoms with Crippen LogP contribution in [0, 0.1) is 0 Å². The fourth-order valence-electron chi connectivity index (χ4n) is 2.66. The molecule has 3 N–H and O–H groups in total. The Labute approximate surface area is 144 Å². The lowest BCUT2D eigenvalue weighted by molar-refractivity contribution is 0.0643. The highest BCUT2D eigenvalue weighted by atomic mass is 16.3. The van der Waals surface area contributed by atoms with Gasteiger partial charge in [0, 0.05) is 38.8 Å². The first-order chi connectivity index (χ1) is 12.2. The number of hydrogen-bond acceptors (Lipinski definition) is 9. The number of carbonyl (C=O) groups is 1. The second-order valence-electron chi connectivity index (χ2n) is 5.63. The van der Waals surface area contributed by atoms with Crippen molar-refractivity contribution < 1.29 is 19.4 Å². The summed E-state index contributed by atoms with van der Waals surface area (Å²) in [6, 6.07) is 1.75. The molecule has 2 aromatic rings. The van der Waals surface area contributed by atoms with E-state index in [0.717, 1.165) is 0 Å². The van der Waals surface area contributed by atoms with Gasteiger partial charge in [-0.25, -0.2) is 15.0 Å². The molecule has 1 amide bonds. The first-order valence-electron chi connectivity index (χ1n) is 7.95. The van der Waals surface area contributed by atoms with Crippen LogP contribution in [-0.4, -0.2) is 81.4 Å². The van der Waals surface area contributed by atoms with E-state index in [2.05, 4.69) is 20.3 Å². The van der Waals surface area contributed by atoms with Crippen LogP contribution in [0.15, 0.2) is 29.4 Å². The molecule has 0 saturated carbocycles. The summed E-state index contributed by atoms with van der Waals surface area (Å²) in [5, 5.41) is 22.1. The third kappa shape index (κ3) is 4.22. The van der Waals surface area contributed by atoms with Gasteiger partial charge in [-0.3, -0.25) is 4.79 Å². The van der Waals surface area contributed by atoms with Crippen LogP contribution in [0.1, 0.15) is 10.6 Å². The van der Waals surface area contributed by atoms with Crippen LogP contribution >= 0.6 is 0 Å². The number of β-amino-alcohol motifs (C(OH)–C–C–N with tert-alkyl or cyclic N) is 1. The fourth-order valence-corrected chi connectivity index (χ4v) is 2.66. The van der Waals surface area contributed by atoms with Gasteiger partial charge in [0.15, 0.2) is 6.39 Å². The highest BCUT2D eigenvalue weighted by Gasteiger charge is 2.27. The number of aliphatic hydroxyl groups excluding tert-OH is 2. The van der Waals surface area contributed by atoms with E-state index in [1.165, 1.54) is 23.8 Å². The Balaban J connectivity index is 1.70. The predicted molar refractivity (Wildman–Crippen MR) is 88.2 cm³/mol. The first kappa shape index (κ1) is 17.1. The van der Waals surface area contributed by atoms with Crippen LogP contribution in [0.25, 0.3) is 0 Å². The zero-order valence-electron chi connectivity index (χ0n) is 13.6. The Morgan fingerprint density at radius 2 is 2.24 bits per heavy atom. The summed E-state index contributed by atoms with van der Waals surface area (Å²) in [5.74, 6) is 1.08. The van der Waals surface area contributed by atoms with E-state index in [4.69, 9.17) is 9.52 Å². The number of carbonyl (C=O) groups excluding carboxylic acids is 1. The molecule has 0 spiro atoms. The Morgan fingerprint density at radius 3 is 3.00 bits per heavy atom. The maximum absolute atomic E-state index is 12.4. The van der Waals surface area contributed by atoms with E-state index in [0.29, 0.717) is 37.8 Å².